The Hall–Kier alpha value is -4.24. The van der Waals surface area contributed by atoms with Crippen molar-refractivity contribution in [1.82, 2.24) is 15.3 Å². The average molecular weight is 478 g/mol. The van der Waals surface area contributed by atoms with Gasteiger partial charge in [-0.25, -0.2) is 14.8 Å². The number of nitrogens with zero attached hydrogens (tertiary/aromatic N) is 4. The van der Waals surface area contributed by atoms with Gasteiger partial charge in [-0.3, -0.25) is 14.5 Å². The maximum atomic E-state index is 12.5. The molecular formula is C23H22N6O6. The summed E-state index contributed by atoms with van der Waals surface area (Å²) in [6, 6.07) is 8.06. The van der Waals surface area contributed by atoms with Crippen LogP contribution >= 0.6 is 0 Å². The number of cyclic esters (lactones) is 1. The van der Waals surface area contributed by atoms with Crippen molar-refractivity contribution in [3.63, 3.8) is 0 Å². The molecular weight excluding hydrogens is 456 g/mol. The molecule has 180 valence electrons. The molecule has 3 atom stereocenters. The number of aromatic nitrogens is 2. The van der Waals surface area contributed by atoms with Gasteiger partial charge in [-0.05, 0) is 30.0 Å². The van der Waals surface area contributed by atoms with Crippen LogP contribution in [0.1, 0.15) is 23.1 Å². The summed E-state index contributed by atoms with van der Waals surface area (Å²) in [4.78, 5) is 44.8. The molecule has 12 nitrogen and oxygen atoms in total. The van der Waals surface area contributed by atoms with Crippen molar-refractivity contribution in [2.45, 2.75) is 37.5 Å². The van der Waals surface area contributed by atoms with Gasteiger partial charge < -0.3 is 24.8 Å². The minimum atomic E-state index is -0.611. The van der Waals surface area contributed by atoms with Crippen molar-refractivity contribution in [3.8, 4) is 11.9 Å². The Kier molecular flexibility index (Phi) is 6.15. The molecule has 0 bridgehead atoms. The summed E-state index contributed by atoms with van der Waals surface area (Å²) in [7, 11) is 0. The van der Waals surface area contributed by atoms with Crippen LogP contribution in [-0.4, -0.2) is 66.4 Å². The number of amides is 2. The standard InChI is InChI=1S/C23H22N6O6/c24-7-14-3-1-2-13-4-15(5-18(13)14)25-8-16(34-12-30)6-17-10-29(23(32)35-17)19-9-26-22-21(27-19)28-20(31)11-33-22/h1-3,9,12,15-17,25H,4-6,8,10-11H2,(H,27,28,31). The number of carbonyl (C=O) groups excluding carboxylic acids is 3. The van der Waals surface area contributed by atoms with E-state index in [9.17, 15) is 19.6 Å². The first-order valence-corrected chi connectivity index (χ1v) is 11.1. The van der Waals surface area contributed by atoms with E-state index >= 15 is 0 Å². The van der Waals surface area contributed by atoms with Crippen LogP contribution in [0.4, 0.5) is 16.4 Å². The van der Waals surface area contributed by atoms with E-state index < -0.39 is 18.3 Å². The molecule has 1 aromatic heterocycles. The van der Waals surface area contributed by atoms with Gasteiger partial charge in [0.1, 0.15) is 12.2 Å². The highest BCUT2D eigenvalue weighted by atomic mass is 16.6. The molecule has 1 fully saturated rings. The molecule has 1 aromatic carbocycles. The fourth-order valence-corrected chi connectivity index (χ4v) is 4.58. The molecule has 35 heavy (non-hydrogen) atoms. The van der Waals surface area contributed by atoms with Crippen molar-refractivity contribution in [3.05, 3.63) is 41.1 Å². The van der Waals surface area contributed by atoms with E-state index in [1.165, 1.54) is 11.1 Å². The first-order chi connectivity index (χ1) is 17.0. The van der Waals surface area contributed by atoms with Gasteiger partial charge in [0, 0.05) is 19.0 Å². The van der Waals surface area contributed by atoms with Crippen LogP contribution in [0, 0.1) is 11.3 Å². The van der Waals surface area contributed by atoms with E-state index in [0.29, 0.717) is 18.6 Å². The molecule has 3 heterocycles. The number of hydrogen-bond acceptors (Lipinski definition) is 10. The third-order valence-corrected chi connectivity index (χ3v) is 6.19. The maximum Gasteiger partial charge on any atom is 0.415 e. The van der Waals surface area contributed by atoms with Crippen molar-refractivity contribution in [1.29, 1.82) is 5.26 Å². The van der Waals surface area contributed by atoms with Gasteiger partial charge >= 0.3 is 6.09 Å². The van der Waals surface area contributed by atoms with Gasteiger partial charge in [0.2, 0.25) is 0 Å². The van der Waals surface area contributed by atoms with Gasteiger partial charge in [0.15, 0.2) is 18.2 Å². The SMILES string of the molecule is N#Cc1cccc2c1CC(NCC(CC1CN(c3cnc4c(n3)NC(=O)CO4)C(=O)O1)OC=O)C2. The summed E-state index contributed by atoms with van der Waals surface area (Å²) >= 11 is 0. The number of ether oxygens (including phenoxy) is 3. The summed E-state index contributed by atoms with van der Waals surface area (Å²) in [5.74, 6) is 0.170. The second-order valence-electron chi connectivity index (χ2n) is 8.49. The summed E-state index contributed by atoms with van der Waals surface area (Å²) in [5, 5.41) is 15.3. The minimum Gasteiger partial charge on any atom is -0.465 e. The van der Waals surface area contributed by atoms with Crippen LogP contribution in [-0.2, 0) is 31.9 Å². The van der Waals surface area contributed by atoms with Crippen molar-refractivity contribution in [2.24, 2.45) is 0 Å². The molecule has 5 rings (SSSR count). The van der Waals surface area contributed by atoms with Crippen molar-refractivity contribution < 1.29 is 28.6 Å². The molecule has 12 heteroatoms. The van der Waals surface area contributed by atoms with E-state index in [0.717, 1.165) is 24.0 Å². The van der Waals surface area contributed by atoms with Gasteiger partial charge in [0.25, 0.3) is 18.3 Å². The van der Waals surface area contributed by atoms with Crippen LogP contribution in [0.25, 0.3) is 0 Å². The first kappa shape index (κ1) is 22.5. The smallest absolute Gasteiger partial charge is 0.415 e. The van der Waals surface area contributed by atoms with Crippen LogP contribution in [0.5, 0.6) is 5.88 Å². The Bertz CT molecular complexity index is 1210. The fraction of sp³-hybridized carbons (Fsp3) is 0.391. The topological polar surface area (TPSA) is 156 Å². The lowest BCUT2D eigenvalue weighted by atomic mass is 10.0. The highest BCUT2D eigenvalue weighted by molar-refractivity contribution is 5.94. The molecule has 2 aromatic rings. The van der Waals surface area contributed by atoms with Crippen LogP contribution in [0.2, 0.25) is 0 Å². The number of nitriles is 1. The molecule has 0 radical (unpaired) electrons. The number of benzene rings is 1. The summed E-state index contributed by atoms with van der Waals surface area (Å²) < 4.78 is 15.9. The van der Waals surface area contributed by atoms with E-state index in [1.807, 2.05) is 18.2 Å². The predicted octanol–water partition coefficient (Wildman–Crippen LogP) is 0.693. The number of hydrogen-bond donors (Lipinski definition) is 2. The molecule has 2 amide bonds. The Morgan fingerprint density at radius 3 is 3.09 bits per heavy atom. The largest absolute Gasteiger partial charge is 0.465 e. The lowest BCUT2D eigenvalue weighted by Crippen LogP contribution is -2.39. The number of anilines is 2. The lowest BCUT2D eigenvalue weighted by molar-refractivity contribution is -0.134. The van der Waals surface area contributed by atoms with Gasteiger partial charge in [-0.15, -0.1) is 0 Å². The Morgan fingerprint density at radius 1 is 1.37 bits per heavy atom. The molecule has 3 unspecified atom stereocenters. The number of rotatable bonds is 8. The fourth-order valence-electron chi connectivity index (χ4n) is 4.58. The van der Waals surface area contributed by atoms with Crippen molar-refractivity contribution in [2.75, 3.05) is 29.9 Å². The van der Waals surface area contributed by atoms with Crippen LogP contribution in [0.3, 0.4) is 0 Å². The van der Waals surface area contributed by atoms with E-state index in [-0.39, 0.29) is 49.0 Å². The number of nitrogens with one attached hydrogen (secondary N) is 2. The molecule has 1 aliphatic carbocycles. The summed E-state index contributed by atoms with van der Waals surface area (Å²) in [6.45, 7) is 0.790. The Morgan fingerprint density at radius 2 is 2.26 bits per heavy atom. The second-order valence-corrected chi connectivity index (χ2v) is 8.49. The van der Waals surface area contributed by atoms with E-state index in [1.54, 1.807) is 0 Å². The first-order valence-electron chi connectivity index (χ1n) is 11.1. The lowest BCUT2D eigenvalue weighted by Gasteiger charge is -2.21. The molecule has 0 spiro atoms. The third kappa shape index (κ3) is 4.71. The van der Waals surface area contributed by atoms with Crippen LogP contribution in [0.15, 0.2) is 24.4 Å². The summed E-state index contributed by atoms with van der Waals surface area (Å²) in [5.41, 5.74) is 2.87. The maximum absolute atomic E-state index is 12.5. The normalized spacial score (nSPS) is 21.2. The number of fused-ring (bicyclic) bond motifs is 2. The zero-order valence-corrected chi connectivity index (χ0v) is 18.6. The zero-order chi connectivity index (χ0) is 24.4. The number of carbonyl (C=O) groups is 3. The zero-order valence-electron chi connectivity index (χ0n) is 18.6. The van der Waals surface area contributed by atoms with Gasteiger partial charge in [-0.1, -0.05) is 12.1 Å². The monoisotopic (exact) mass is 478 g/mol. The third-order valence-electron chi connectivity index (χ3n) is 6.19. The second kappa shape index (κ2) is 9.55. The van der Waals surface area contributed by atoms with E-state index in [2.05, 4.69) is 26.7 Å². The summed E-state index contributed by atoms with van der Waals surface area (Å²) in [6.07, 6.45) is 1.48. The molecule has 2 N–H and O–H groups in total. The Balaban J connectivity index is 1.18. The highest BCUT2D eigenvalue weighted by Gasteiger charge is 2.36. The van der Waals surface area contributed by atoms with Crippen molar-refractivity contribution >= 4 is 30.1 Å². The molecule has 2 aliphatic heterocycles. The average Bonchev–Trinajstić information content (AvgIpc) is 3.44. The minimum absolute atomic E-state index is 0.114. The van der Waals surface area contributed by atoms with E-state index in [4.69, 9.17) is 14.2 Å². The molecule has 1 saturated heterocycles. The van der Waals surface area contributed by atoms with Crippen LogP contribution < -0.4 is 20.3 Å². The Labute approximate surface area is 200 Å². The van der Waals surface area contributed by atoms with Gasteiger partial charge in [-0.2, -0.15) is 5.26 Å². The predicted molar refractivity (Wildman–Crippen MR) is 120 cm³/mol. The molecule has 0 saturated carbocycles. The highest BCUT2D eigenvalue weighted by Crippen LogP contribution is 2.29. The molecule has 3 aliphatic rings. The van der Waals surface area contributed by atoms with Gasteiger partial charge in [0.05, 0.1) is 24.4 Å². The quantitative estimate of drug-likeness (QED) is 0.518.